The smallest absolute Gasteiger partial charge is 0.243 e. The molecular weight excluding hydrogens is 268 g/mol. The molecule has 0 bridgehead atoms. The number of thiophene rings is 1. The molecular formula is C12H14N2O2S2. The third-order valence-electron chi connectivity index (χ3n) is 2.52. The van der Waals surface area contributed by atoms with E-state index in [1.807, 2.05) is 17.5 Å². The third-order valence-corrected chi connectivity index (χ3v) is 5.19. The minimum absolute atomic E-state index is 0.224. The van der Waals surface area contributed by atoms with Crippen molar-refractivity contribution >= 4 is 27.0 Å². The Labute approximate surface area is 111 Å². The van der Waals surface area contributed by atoms with Crippen molar-refractivity contribution in [2.24, 2.45) is 0 Å². The molecule has 0 radical (unpaired) electrons. The second-order valence-electron chi connectivity index (χ2n) is 3.91. The zero-order valence-corrected chi connectivity index (χ0v) is 11.5. The molecule has 6 heteroatoms. The molecule has 2 aromatic rings. The molecule has 0 atom stereocenters. The van der Waals surface area contributed by atoms with Crippen LogP contribution in [0.25, 0.3) is 0 Å². The summed E-state index contributed by atoms with van der Waals surface area (Å²) in [6, 6.07) is 10.1. The van der Waals surface area contributed by atoms with Gasteiger partial charge < -0.3 is 5.73 Å². The van der Waals surface area contributed by atoms with Crippen molar-refractivity contribution in [3.63, 3.8) is 0 Å². The molecule has 2 N–H and O–H groups in total. The lowest BCUT2D eigenvalue weighted by atomic mass is 10.3. The Balaban J connectivity index is 2.25. The maximum absolute atomic E-state index is 12.3. The number of hydrogen-bond donors (Lipinski definition) is 1. The molecule has 4 nitrogen and oxygen atoms in total. The van der Waals surface area contributed by atoms with Crippen LogP contribution in [0.5, 0.6) is 0 Å². The van der Waals surface area contributed by atoms with Gasteiger partial charge in [0, 0.05) is 24.2 Å². The number of anilines is 1. The van der Waals surface area contributed by atoms with E-state index in [0.29, 0.717) is 12.2 Å². The van der Waals surface area contributed by atoms with E-state index in [-0.39, 0.29) is 4.90 Å². The van der Waals surface area contributed by atoms with Crippen molar-refractivity contribution in [2.45, 2.75) is 11.4 Å². The predicted octanol–water partition coefficient (Wildman–Crippen LogP) is 2.15. The van der Waals surface area contributed by atoms with E-state index in [2.05, 4.69) is 0 Å². The van der Waals surface area contributed by atoms with Gasteiger partial charge in [-0.3, -0.25) is 0 Å². The summed E-state index contributed by atoms with van der Waals surface area (Å²) < 4.78 is 25.9. The van der Waals surface area contributed by atoms with Crippen molar-refractivity contribution in [2.75, 3.05) is 12.8 Å². The lowest BCUT2D eigenvalue weighted by molar-refractivity contribution is 0.469. The molecule has 2 rings (SSSR count). The van der Waals surface area contributed by atoms with Crippen LogP contribution in [0, 0.1) is 0 Å². The Hall–Kier alpha value is -1.37. The fraction of sp³-hybridized carbons (Fsp3) is 0.167. The summed E-state index contributed by atoms with van der Waals surface area (Å²) in [5.74, 6) is 0. The summed E-state index contributed by atoms with van der Waals surface area (Å²) in [5.41, 5.74) is 6.06. The van der Waals surface area contributed by atoms with Crippen LogP contribution >= 0.6 is 11.3 Å². The minimum atomic E-state index is -3.48. The summed E-state index contributed by atoms with van der Waals surface area (Å²) in [6.07, 6.45) is 0. The normalized spacial score (nSPS) is 11.9. The van der Waals surface area contributed by atoms with Crippen LogP contribution in [0.3, 0.4) is 0 Å². The molecule has 96 valence electrons. The summed E-state index contributed by atoms with van der Waals surface area (Å²) in [7, 11) is -1.91. The standard InChI is InChI=1S/C12H14N2O2S2/c1-14(9-11-5-3-7-17-11)18(15,16)12-6-2-4-10(13)8-12/h2-8H,9,13H2,1H3. The van der Waals surface area contributed by atoms with E-state index in [9.17, 15) is 8.42 Å². The Morgan fingerprint density at radius 3 is 2.67 bits per heavy atom. The molecule has 0 saturated heterocycles. The van der Waals surface area contributed by atoms with Gasteiger partial charge in [0.2, 0.25) is 10.0 Å². The lowest BCUT2D eigenvalue weighted by Crippen LogP contribution is -2.26. The van der Waals surface area contributed by atoms with E-state index in [4.69, 9.17) is 5.73 Å². The van der Waals surface area contributed by atoms with Gasteiger partial charge in [0.1, 0.15) is 0 Å². The molecule has 0 aliphatic carbocycles. The van der Waals surface area contributed by atoms with Gasteiger partial charge in [-0.05, 0) is 29.6 Å². The first kappa shape index (κ1) is 13.1. The molecule has 1 heterocycles. The predicted molar refractivity (Wildman–Crippen MR) is 73.8 cm³/mol. The average Bonchev–Trinajstić information content (AvgIpc) is 2.81. The average molecular weight is 282 g/mol. The van der Waals surface area contributed by atoms with E-state index >= 15 is 0 Å². The van der Waals surface area contributed by atoms with Crippen LogP contribution in [-0.2, 0) is 16.6 Å². The Morgan fingerprint density at radius 2 is 2.06 bits per heavy atom. The van der Waals surface area contributed by atoms with Crippen LogP contribution < -0.4 is 5.73 Å². The molecule has 0 amide bonds. The summed E-state index contributed by atoms with van der Waals surface area (Å²) in [6.45, 7) is 0.370. The highest BCUT2D eigenvalue weighted by atomic mass is 32.2. The summed E-state index contributed by atoms with van der Waals surface area (Å²) in [5, 5.41) is 1.93. The number of sulfonamides is 1. The van der Waals surface area contributed by atoms with Crippen LogP contribution in [0.1, 0.15) is 4.88 Å². The second-order valence-corrected chi connectivity index (χ2v) is 6.99. The number of rotatable bonds is 4. The zero-order chi connectivity index (χ0) is 13.2. The summed E-state index contributed by atoms with van der Waals surface area (Å²) in [4.78, 5) is 1.23. The number of benzene rings is 1. The summed E-state index contributed by atoms with van der Waals surface area (Å²) >= 11 is 1.53. The molecule has 0 spiro atoms. The SMILES string of the molecule is CN(Cc1cccs1)S(=O)(=O)c1cccc(N)c1. The van der Waals surface area contributed by atoms with Crippen molar-refractivity contribution in [1.29, 1.82) is 0 Å². The maximum Gasteiger partial charge on any atom is 0.243 e. The fourth-order valence-electron chi connectivity index (χ4n) is 1.56. The van der Waals surface area contributed by atoms with Crippen molar-refractivity contribution in [3.05, 3.63) is 46.7 Å². The molecule has 0 saturated carbocycles. The Morgan fingerprint density at radius 1 is 1.28 bits per heavy atom. The molecule has 18 heavy (non-hydrogen) atoms. The van der Waals surface area contributed by atoms with Gasteiger partial charge in [0.25, 0.3) is 0 Å². The van der Waals surface area contributed by atoms with Crippen molar-refractivity contribution in [1.82, 2.24) is 4.31 Å². The van der Waals surface area contributed by atoms with Crippen LogP contribution in [-0.4, -0.2) is 19.8 Å². The van der Waals surface area contributed by atoms with Gasteiger partial charge in [-0.1, -0.05) is 12.1 Å². The van der Waals surface area contributed by atoms with Gasteiger partial charge in [-0.2, -0.15) is 4.31 Å². The van der Waals surface area contributed by atoms with Gasteiger partial charge in [-0.15, -0.1) is 11.3 Å². The van der Waals surface area contributed by atoms with Gasteiger partial charge in [0.05, 0.1) is 4.90 Å². The first-order valence-corrected chi connectivity index (χ1v) is 7.66. The lowest BCUT2D eigenvalue weighted by Gasteiger charge is -2.16. The highest BCUT2D eigenvalue weighted by Gasteiger charge is 2.21. The number of nitrogen functional groups attached to an aromatic ring is 1. The van der Waals surface area contributed by atoms with E-state index in [1.54, 1.807) is 25.2 Å². The van der Waals surface area contributed by atoms with Crippen LogP contribution in [0.2, 0.25) is 0 Å². The maximum atomic E-state index is 12.3. The molecule has 0 aliphatic heterocycles. The first-order valence-electron chi connectivity index (χ1n) is 5.34. The van der Waals surface area contributed by atoms with Crippen LogP contribution in [0.15, 0.2) is 46.7 Å². The molecule has 0 unspecified atom stereocenters. The number of hydrogen-bond acceptors (Lipinski definition) is 4. The molecule has 0 fully saturated rings. The second kappa shape index (κ2) is 5.09. The minimum Gasteiger partial charge on any atom is -0.399 e. The highest BCUT2D eigenvalue weighted by Crippen LogP contribution is 2.20. The number of nitrogens with two attached hydrogens (primary N) is 1. The van der Waals surface area contributed by atoms with E-state index in [0.717, 1.165) is 4.88 Å². The van der Waals surface area contributed by atoms with Gasteiger partial charge in [0.15, 0.2) is 0 Å². The monoisotopic (exact) mass is 282 g/mol. The fourth-order valence-corrected chi connectivity index (χ4v) is 3.61. The van der Waals surface area contributed by atoms with Gasteiger partial charge in [-0.25, -0.2) is 8.42 Å². The van der Waals surface area contributed by atoms with Crippen molar-refractivity contribution in [3.8, 4) is 0 Å². The topological polar surface area (TPSA) is 63.4 Å². The third kappa shape index (κ3) is 2.72. The zero-order valence-electron chi connectivity index (χ0n) is 9.91. The van der Waals surface area contributed by atoms with Gasteiger partial charge >= 0.3 is 0 Å². The Kier molecular flexibility index (Phi) is 3.70. The van der Waals surface area contributed by atoms with Crippen molar-refractivity contribution < 1.29 is 8.42 Å². The Bertz CT molecular complexity index is 621. The van der Waals surface area contributed by atoms with E-state index in [1.165, 1.54) is 21.7 Å². The molecule has 0 aliphatic rings. The quantitative estimate of drug-likeness (QED) is 0.874. The molecule has 1 aromatic carbocycles. The largest absolute Gasteiger partial charge is 0.399 e. The number of nitrogens with zero attached hydrogens (tertiary/aromatic N) is 1. The first-order chi connectivity index (χ1) is 8.50. The van der Waals surface area contributed by atoms with Crippen LogP contribution in [0.4, 0.5) is 5.69 Å². The highest BCUT2D eigenvalue weighted by molar-refractivity contribution is 7.89. The van der Waals surface area contributed by atoms with E-state index < -0.39 is 10.0 Å². The molecule has 1 aromatic heterocycles.